The fourth-order valence-corrected chi connectivity index (χ4v) is 1.96. The highest BCUT2D eigenvalue weighted by atomic mass is 19.4. The highest BCUT2D eigenvalue weighted by molar-refractivity contribution is 5.88. The van der Waals surface area contributed by atoms with Gasteiger partial charge in [0.25, 0.3) is 0 Å². The number of carbonyl (C=O) groups excluding carboxylic acids is 1. The Hall–Kier alpha value is -1.04. The van der Waals surface area contributed by atoms with Gasteiger partial charge in [0.05, 0.1) is 0 Å². The number of rotatable bonds is 1. The van der Waals surface area contributed by atoms with E-state index < -0.39 is 17.7 Å². The van der Waals surface area contributed by atoms with Crippen LogP contribution in [0.1, 0.15) is 27.7 Å². The first-order chi connectivity index (χ1) is 8.51. The Morgan fingerprint density at radius 1 is 1.05 bits per heavy atom. The number of hydrogen-bond acceptors (Lipinski definition) is 2. The van der Waals surface area contributed by atoms with Crippen LogP contribution in [0.2, 0.25) is 0 Å². The third-order valence-electron chi connectivity index (χ3n) is 3.33. The molecule has 1 fully saturated rings. The van der Waals surface area contributed by atoms with Gasteiger partial charge in [-0.3, -0.25) is 9.69 Å². The van der Waals surface area contributed by atoms with Crippen LogP contribution in [0, 0.1) is 0 Å². The van der Waals surface area contributed by atoms with Gasteiger partial charge >= 0.3 is 6.18 Å². The van der Waals surface area contributed by atoms with Gasteiger partial charge in [0.1, 0.15) is 0 Å². The molecule has 0 aromatic carbocycles. The molecule has 0 spiro atoms. The van der Waals surface area contributed by atoms with E-state index in [1.54, 1.807) is 0 Å². The average Bonchev–Trinajstić information content (AvgIpc) is 2.26. The van der Waals surface area contributed by atoms with Gasteiger partial charge in [0.15, 0.2) is 0 Å². The van der Waals surface area contributed by atoms with Crippen LogP contribution in [0.5, 0.6) is 0 Å². The largest absolute Gasteiger partial charge is 0.412 e. The van der Waals surface area contributed by atoms with E-state index >= 15 is 0 Å². The van der Waals surface area contributed by atoms with Crippen molar-refractivity contribution in [2.24, 2.45) is 0 Å². The molecule has 0 unspecified atom stereocenters. The summed E-state index contributed by atoms with van der Waals surface area (Å²) in [6.07, 6.45) is -3.74. The zero-order valence-corrected chi connectivity index (χ0v) is 11.8. The molecule has 1 aliphatic heterocycles. The van der Waals surface area contributed by atoms with Crippen molar-refractivity contribution in [1.29, 1.82) is 0 Å². The Bertz CT molecular complexity index is 361. The Morgan fingerprint density at radius 3 is 1.89 bits per heavy atom. The molecule has 0 aromatic heterocycles. The summed E-state index contributed by atoms with van der Waals surface area (Å²) >= 11 is 0. The lowest BCUT2D eigenvalue weighted by Gasteiger charge is -2.42. The summed E-state index contributed by atoms with van der Waals surface area (Å²) in [7, 11) is 0. The topological polar surface area (TPSA) is 23.6 Å². The summed E-state index contributed by atoms with van der Waals surface area (Å²) in [6.45, 7) is 9.48. The maximum absolute atomic E-state index is 12.3. The summed E-state index contributed by atoms with van der Waals surface area (Å²) < 4.78 is 37.0. The molecule has 19 heavy (non-hydrogen) atoms. The van der Waals surface area contributed by atoms with Crippen molar-refractivity contribution < 1.29 is 18.0 Å². The molecule has 0 saturated carbocycles. The predicted molar refractivity (Wildman–Crippen MR) is 67.7 cm³/mol. The first kappa shape index (κ1) is 16.0. The Balaban J connectivity index is 2.59. The van der Waals surface area contributed by atoms with Crippen molar-refractivity contribution >= 4 is 5.91 Å². The van der Waals surface area contributed by atoms with Crippen LogP contribution in [-0.2, 0) is 4.79 Å². The SMILES string of the molecule is C/C(=C/C(=O)N1CCN(C(C)(C)C)CC1)C(F)(F)F. The summed E-state index contributed by atoms with van der Waals surface area (Å²) in [5, 5.41) is 0. The summed E-state index contributed by atoms with van der Waals surface area (Å²) in [6, 6.07) is 0. The number of carbonyl (C=O) groups is 1. The Labute approximate surface area is 112 Å². The number of amides is 1. The Kier molecular flexibility index (Phi) is 4.66. The van der Waals surface area contributed by atoms with Crippen LogP contribution in [-0.4, -0.2) is 53.6 Å². The maximum atomic E-state index is 12.3. The molecule has 1 heterocycles. The van der Waals surface area contributed by atoms with E-state index in [9.17, 15) is 18.0 Å². The first-order valence-electron chi connectivity index (χ1n) is 6.31. The van der Waals surface area contributed by atoms with E-state index in [4.69, 9.17) is 0 Å². The van der Waals surface area contributed by atoms with Gasteiger partial charge in [-0.25, -0.2) is 0 Å². The lowest BCUT2D eigenvalue weighted by Crippen LogP contribution is -2.54. The highest BCUT2D eigenvalue weighted by Gasteiger charge is 2.32. The van der Waals surface area contributed by atoms with Gasteiger partial charge in [-0.05, 0) is 27.7 Å². The molecule has 1 saturated heterocycles. The number of piperazine rings is 1. The second-order valence-corrected chi connectivity index (χ2v) is 5.81. The van der Waals surface area contributed by atoms with E-state index in [-0.39, 0.29) is 5.54 Å². The van der Waals surface area contributed by atoms with Gasteiger partial charge in [0.2, 0.25) is 5.91 Å². The van der Waals surface area contributed by atoms with Gasteiger partial charge in [-0.2, -0.15) is 13.2 Å². The van der Waals surface area contributed by atoms with Crippen LogP contribution in [0.25, 0.3) is 0 Å². The van der Waals surface area contributed by atoms with Crippen molar-refractivity contribution in [3.05, 3.63) is 11.6 Å². The van der Waals surface area contributed by atoms with Crippen molar-refractivity contribution in [2.45, 2.75) is 39.4 Å². The number of nitrogens with zero attached hydrogens (tertiary/aromatic N) is 2. The lowest BCUT2D eigenvalue weighted by molar-refractivity contribution is -0.129. The molecule has 1 aliphatic rings. The number of hydrogen-bond donors (Lipinski definition) is 0. The minimum atomic E-state index is -4.43. The monoisotopic (exact) mass is 278 g/mol. The number of alkyl halides is 3. The van der Waals surface area contributed by atoms with E-state index in [2.05, 4.69) is 25.7 Å². The minimum Gasteiger partial charge on any atom is -0.337 e. The third-order valence-corrected chi connectivity index (χ3v) is 3.33. The predicted octanol–water partition coefficient (Wildman–Crippen LogP) is 2.44. The molecule has 0 aliphatic carbocycles. The number of allylic oxidation sites excluding steroid dienone is 1. The lowest BCUT2D eigenvalue weighted by atomic mass is 10.0. The second kappa shape index (κ2) is 5.53. The first-order valence-corrected chi connectivity index (χ1v) is 6.31. The summed E-state index contributed by atoms with van der Waals surface area (Å²) in [5.41, 5.74) is -0.830. The van der Waals surface area contributed by atoms with Crippen LogP contribution in [0.4, 0.5) is 13.2 Å². The van der Waals surface area contributed by atoms with Crippen molar-refractivity contribution in [2.75, 3.05) is 26.2 Å². The maximum Gasteiger partial charge on any atom is 0.412 e. The van der Waals surface area contributed by atoms with Gasteiger partial charge in [0, 0.05) is 43.4 Å². The molecule has 1 rings (SSSR count). The molecule has 0 atom stereocenters. The van der Waals surface area contributed by atoms with Crippen molar-refractivity contribution in [1.82, 2.24) is 9.80 Å². The van der Waals surface area contributed by atoms with Crippen LogP contribution >= 0.6 is 0 Å². The van der Waals surface area contributed by atoms with Gasteiger partial charge in [-0.1, -0.05) is 0 Å². The average molecular weight is 278 g/mol. The van der Waals surface area contributed by atoms with Crippen molar-refractivity contribution in [3.63, 3.8) is 0 Å². The molecule has 0 aromatic rings. The molecule has 0 radical (unpaired) electrons. The molecular formula is C13H21F3N2O. The smallest absolute Gasteiger partial charge is 0.337 e. The van der Waals surface area contributed by atoms with E-state index in [1.807, 2.05) is 0 Å². The zero-order valence-electron chi connectivity index (χ0n) is 11.8. The normalized spacial score (nSPS) is 19.7. The molecular weight excluding hydrogens is 257 g/mol. The van der Waals surface area contributed by atoms with Crippen LogP contribution < -0.4 is 0 Å². The number of halogens is 3. The fraction of sp³-hybridized carbons (Fsp3) is 0.769. The van der Waals surface area contributed by atoms with Crippen LogP contribution in [0.15, 0.2) is 11.6 Å². The second-order valence-electron chi connectivity index (χ2n) is 5.81. The standard InChI is InChI=1S/C13H21F3N2O/c1-10(13(14,15)16)9-11(19)17-5-7-18(8-6-17)12(2,3)4/h9H,5-8H2,1-4H3/b10-9-. The summed E-state index contributed by atoms with van der Waals surface area (Å²) in [4.78, 5) is 15.4. The van der Waals surface area contributed by atoms with E-state index in [0.29, 0.717) is 32.3 Å². The van der Waals surface area contributed by atoms with E-state index in [0.717, 1.165) is 6.92 Å². The molecule has 6 heteroatoms. The summed E-state index contributed by atoms with van der Waals surface area (Å²) in [5.74, 6) is -0.552. The zero-order chi connectivity index (χ0) is 14.8. The molecule has 110 valence electrons. The minimum absolute atomic E-state index is 0.0207. The molecule has 0 bridgehead atoms. The van der Waals surface area contributed by atoms with E-state index in [1.165, 1.54) is 4.90 Å². The highest BCUT2D eigenvalue weighted by Crippen LogP contribution is 2.25. The fourth-order valence-electron chi connectivity index (χ4n) is 1.96. The third kappa shape index (κ3) is 4.53. The quantitative estimate of drug-likeness (QED) is 0.688. The van der Waals surface area contributed by atoms with Gasteiger partial charge in [-0.15, -0.1) is 0 Å². The molecule has 0 N–H and O–H groups in total. The molecule has 1 amide bonds. The Morgan fingerprint density at radius 2 is 1.53 bits per heavy atom. The van der Waals surface area contributed by atoms with Crippen LogP contribution in [0.3, 0.4) is 0 Å². The molecule has 3 nitrogen and oxygen atoms in total. The van der Waals surface area contributed by atoms with Crippen molar-refractivity contribution in [3.8, 4) is 0 Å². The van der Waals surface area contributed by atoms with Gasteiger partial charge < -0.3 is 4.90 Å².